The average molecular weight is 507 g/mol. The quantitative estimate of drug-likeness (QED) is 0.453. The van der Waals surface area contributed by atoms with E-state index in [0.29, 0.717) is 22.1 Å². The fourth-order valence-corrected chi connectivity index (χ4v) is 6.49. The molecule has 2 aliphatic rings. The highest BCUT2D eigenvalue weighted by Crippen LogP contribution is 2.52. The molecule has 4 heterocycles. The zero-order chi connectivity index (χ0) is 24.1. The summed E-state index contributed by atoms with van der Waals surface area (Å²) in [6.07, 6.45) is 3.46. The summed E-state index contributed by atoms with van der Waals surface area (Å²) < 4.78 is 37.0. The Labute approximate surface area is 207 Å². The zero-order valence-corrected chi connectivity index (χ0v) is 21.2. The van der Waals surface area contributed by atoms with Crippen molar-refractivity contribution in [3.05, 3.63) is 68.1 Å². The molecule has 0 amide bonds. The summed E-state index contributed by atoms with van der Waals surface area (Å²) in [6.45, 7) is 4.60. The number of benzene rings is 1. The van der Waals surface area contributed by atoms with Crippen molar-refractivity contribution in [2.24, 2.45) is 0 Å². The van der Waals surface area contributed by atoms with E-state index >= 15 is 0 Å². The maximum atomic E-state index is 14.4. The molecule has 5 rings (SSSR count). The maximum absolute atomic E-state index is 14.4. The average Bonchev–Trinajstić information content (AvgIpc) is 3.37. The molecule has 0 atom stereocenters. The van der Waals surface area contributed by atoms with E-state index in [-0.39, 0.29) is 5.56 Å². The Balaban J connectivity index is 1.31. The number of hydrogen-bond donors (Lipinski definition) is 0. The molecule has 34 heavy (non-hydrogen) atoms. The Hall–Kier alpha value is -1.84. The molecule has 0 saturated carbocycles. The van der Waals surface area contributed by atoms with Crippen LogP contribution < -0.4 is 0 Å². The standard InChI is InChI=1S/C25H29ClF2N4OS/c1-17-19(15-32(29-17)21-7-5-4-6-18(21)13-30(2)3)14-31-10-8-24(9-11-31)23-20(12-22(26)34-23)25(27,28)16-33-24/h4-7,12,15H,8-11,13-14,16H2,1-3H3. The lowest BCUT2D eigenvalue weighted by Crippen LogP contribution is -2.48. The van der Waals surface area contributed by atoms with E-state index in [1.165, 1.54) is 28.5 Å². The first kappa shape index (κ1) is 23.9. The van der Waals surface area contributed by atoms with Crippen molar-refractivity contribution in [1.29, 1.82) is 0 Å². The van der Waals surface area contributed by atoms with Gasteiger partial charge >= 0.3 is 0 Å². The Kier molecular flexibility index (Phi) is 6.31. The summed E-state index contributed by atoms with van der Waals surface area (Å²) in [5.41, 5.74) is 3.87. The van der Waals surface area contributed by atoms with Crippen LogP contribution in [0.25, 0.3) is 5.69 Å². The van der Waals surface area contributed by atoms with Crippen LogP contribution >= 0.6 is 22.9 Å². The number of alkyl halides is 2. The van der Waals surface area contributed by atoms with Crippen molar-refractivity contribution in [3.63, 3.8) is 0 Å². The van der Waals surface area contributed by atoms with Crippen LogP contribution in [0.1, 0.15) is 40.1 Å². The number of rotatable bonds is 5. The Morgan fingerprint density at radius 1 is 1.18 bits per heavy atom. The zero-order valence-electron chi connectivity index (χ0n) is 19.7. The normalized spacial score (nSPS) is 19.6. The van der Waals surface area contributed by atoms with E-state index in [9.17, 15) is 8.78 Å². The number of hydrogen-bond acceptors (Lipinski definition) is 5. The number of nitrogens with zero attached hydrogens (tertiary/aromatic N) is 4. The number of halogens is 3. The number of likely N-dealkylation sites (tertiary alicyclic amines) is 1. The van der Waals surface area contributed by atoms with E-state index < -0.39 is 18.1 Å². The minimum atomic E-state index is -2.98. The number of aromatic nitrogens is 2. The molecule has 2 aromatic heterocycles. The van der Waals surface area contributed by atoms with Crippen LogP contribution in [0.2, 0.25) is 4.34 Å². The minimum absolute atomic E-state index is 0.0516. The van der Waals surface area contributed by atoms with Gasteiger partial charge in [-0.05, 0) is 51.6 Å². The van der Waals surface area contributed by atoms with Gasteiger partial charge in [0.2, 0.25) is 0 Å². The SMILES string of the molecule is Cc1nn(-c2ccccc2CN(C)C)cc1CN1CCC2(CC1)OCC(F)(F)c1cc(Cl)sc12. The smallest absolute Gasteiger partial charge is 0.297 e. The number of ether oxygens (including phenoxy) is 1. The Bertz CT molecular complexity index is 1180. The molecule has 0 bridgehead atoms. The third kappa shape index (κ3) is 4.42. The number of piperidine rings is 1. The highest BCUT2D eigenvalue weighted by atomic mass is 35.5. The second-order valence-electron chi connectivity index (χ2n) is 9.61. The first-order valence-electron chi connectivity index (χ1n) is 11.5. The van der Waals surface area contributed by atoms with Crippen LogP contribution in [0.4, 0.5) is 8.78 Å². The second kappa shape index (κ2) is 8.99. The van der Waals surface area contributed by atoms with Crippen LogP contribution in [-0.2, 0) is 29.3 Å². The van der Waals surface area contributed by atoms with Crippen LogP contribution in [0.15, 0.2) is 36.5 Å². The summed E-state index contributed by atoms with van der Waals surface area (Å²) >= 11 is 7.37. The van der Waals surface area contributed by atoms with Crippen LogP contribution in [0.5, 0.6) is 0 Å². The lowest BCUT2D eigenvalue weighted by Gasteiger charge is -2.45. The number of thiophene rings is 1. The molecule has 0 N–H and O–H groups in total. The maximum Gasteiger partial charge on any atom is 0.297 e. The topological polar surface area (TPSA) is 33.5 Å². The van der Waals surface area contributed by atoms with Crippen LogP contribution in [0, 0.1) is 6.92 Å². The van der Waals surface area contributed by atoms with Crippen molar-refractivity contribution in [2.45, 2.75) is 44.4 Å². The van der Waals surface area contributed by atoms with Gasteiger partial charge < -0.3 is 9.64 Å². The Morgan fingerprint density at radius 2 is 1.91 bits per heavy atom. The molecule has 5 nitrogen and oxygen atoms in total. The lowest BCUT2D eigenvalue weighted by atomic mass is 9.84. The molecule has 1 saturated heterocycles. The van der Waals surface area contributed by atoms with E-state index in [2.05, 4.69) is 48.3 Å². The third-order valence-electron chi connectivity index (χ3n) is 6.82. The van der Waals surface area contributed by atoms with Gasteiger partial charge in [0.25, 0.3) is 5.92 Å². The molecule has 3 aromatic rings. The second-order valence-corrected chi connectivity index (χ2v) is 11.3. The predicted octanol–water partition coefficient (Wildman–Crippen LogP) is 5.57. The van der Waals surface area contributed by atoms with E-state index in [0.717, 1.165) is 37.6 Å². The minimum Gasteiger partial charge on any atom is -0.363 e. The van der Waals surface area contributed by atoms with E-state index in [1.807, 2.05) is 17.7 Å². The molecule has 0 aliphatic carbocycles. The third-order valence-corrected chi connectivity index (χ3v) is 8.27. The summed E-state index contributed by atoms with van der Waals surface area (Å²) in [4.78, 5) is 5.11. The predicted molar refractivity (Wildman–Crippen MR) is 131 cm³/mol. The Morgan fingerprint density at radius 3 is 2.65 bits per heavy atom. The van der Waals surface area contributed by atoms with Gasteiger partial charge in [-0.3, -0.25) is 4.90 Å². The molecule has 1 fully saturated rings. The van der Waals surface area contributed by atoms with Gasteiger partial charge in [-0.25, -0.2) is 4.68 Å². The van der Waals surface area contributed by atoms with Gasteiger partial charge in [0.15, 0.2) is 0 Å². The van der Waals surface area contributed by atoms with Gasteiger partial charge in [-0.1, -0.05) is 29.8 Å². The fraction of sp³-hybridized carbons (Fsp3) is 0.480. The van der Waals surface area contributed by atoms with Gasteiger partial charge in [-0.15, -0.1) is 11.3 Å². The van der Waals surface area contributed by atoms with Gasteiger partial charge in [0.05, 0.1) is 15.7 Å². The van der Waals surface area contributed by atoms with Crippen LogP contribution in [0.3, 0.4) is 0 Å². The molecule has 9 heteroatoms. The van der Waals surface area contributed by atoms with Gasteiger partial charge in [-0.2, -0.15) is 13.9 Å². The molecular weight excluding hydrogens is 478 g/mol. The van der Waals surface area contributed by atoms with Crippen molar-refractivity contribution in [2.75, 3.05) is 33.8 Å². The molecule has 182 valence electrons. The first-order chi connectivity index (χ1) is 16.2. The number of para-hydroxylation sites is 1. The highest BCUT2D eigenvalue weighted by molar-refractivity contribution is 7.16. The fourth-order valence-electron chi connectivity index (χ4n) is 5.01. The highest BCUT2D eigenvalue weighted by Gasteiger charge is 2.51. The van der Waals surface area contributed by atoms with E-state index in [4.69, 9.17) is 21.4 Å². The molecule has 0 radical (unpaired) electrons. The van der Waals surface area contributed by atoms with E-state index in [1.54, 1.807) is 0 Å². The van der Waals surface area contributed by atoms with Crippen molar-refractivity contribution >= 4 is 22.9 Å². The summed E-state index contributed by atoms with van der Waals surface area (Å²) in [7, 11) is 4.12. The van der Waals surface area contributed by atoms with Gasteiger partial charge in [0.1, 0.15) is 12.2 Å². The molecule has 2 aliphatic heterocycles. The van der Waals surface area contributed by atoms with Crippen molar-refractivity contribution in [1.82, 2.24) is 19.6 Å². The van der Waals surface area contributed by atoms with Crippen molar-refractivity contribution in [3.8, 4) is 5.69 Å². The lowest BCUT2D eigenvalue weighted by molar-refractivity contribution is -0.182. The summed E-state index contributed by atoms with van der Waals surface area (Å²) in [6, 6.07) is 9.74. The molecule has 0 unspecified atom stereocenters. The first-order valence-corrected chi connectivity index (χ1v) is 12.7. The van der Waals surface area contributed by atoms with Crippen molar-refractivity contribution < 1.29 is 13.5 Å². The number of aryl methyl sites for hydroxylation is 1. The molecule has 1 aromatic carbocycles. The van der Waals surface area contributed by atoms with Gasteiger partial charge in [0, 0.05) is 48.4 Å². The van der Waals surface area contributed by atoms with Crippen LogP contribution in [-0.4, -0.2) is 53.4 Å². The largest absolute Gasteiger partial charge is 0.363 e. The number of fused-ring (bicyclic) bond motifs is 2. The monoisotopic (exact) mass is 506 g/mol. The summed E-state index contributed by atoms with van der Waals surface area (Å²) in [5, 5.41) is 4.80. The summed E-state index contributed by atoms with van der Waals surface area (Å²) in [5.74, 6) is -2.98. The molecule has 1 spiro atoms. The molecular formula is C25H29ClF2N4OS.